The Bertz CT molecular complexity index is 704. The lowest BCUT2D eigenvalue weighted by Crippen LogP contribution is -2.61. The summed E-state index contributed by atoms with van der Waals surface area (Å²) in [5.41, 5.74) is 1.60. The van der Waals surface area contributed by atoms with Crippen LogP contribution >= 0.6 is 0 Å². The average molecular weight is 308 g/mol. The van der Waals surface area contributed by atoms with Gasteiger partial charge >= 0.3 is 0 Å². The van der Waals surface area contributed by atoms with Gasteiger partial charge in [-0.15, -0.1) is 0 Å². The van der Waals surface area contributed by atoms with Crippen molar-refractivity contribution in [3.63, 3.8) is 0 Å². The molecule has 0 spiro atoms. The average Bonchev–Trinajstić information content (AvgIpc) is 2.88. The fraction of sp³-hybridized carbons (Fsp3) is 0.316. The topological polar surface area (TPSA) is 41.6 Å². The van der Waals surface area contributed by atoms with Crippen LogP contribution in [0.15, 0.2) is 60.7 Å². The first kappa shape index (κ1) is 14.4. The minimum Gasteiger partial charge on any atom is -0.349 e. The molecule has 0 radical (unpaired) electrons. The molecule has 3 unspecified atom stereocenters. The van der Waals surface area contributed by atoms with E-state index in [-0.39, 0.29) is 18.1 Å². The molecule has 2 heterocycles. The first-order chi connectivity index (χ1) is 11.2. The van der Waals surface area contributed by atoms with Gasteiger partial charge in [0.1, 0.15) is 6.04 Å². The van der Waals surface area contributed by atoms with E-state index in [1.807, 2.05) is 48.2 Å². The Kier molecular flexibility index (Phi) is 3.43. The van der Waals surface area contributed by atoms with Gasteiger partial charge in [0.2, 0.25) is 5.91 Å². The molecule has 2 aromatic carbocycles. The highest BCUT2D eigenvalue weighted by Crippen LogP contribution is 2.37. The fourth-order valence-corrected chi connectivity index (χ4v) is 3.56. The minimum atomic E-state index is -0.603. The van der Waals surface area contributed by atoms with Crippen LogP contribution in [0.2, 0.25) is 0 Å². The number of hydrogen-bond donors (Lipinski definition) is 1. The Morgan fingerprint density at radius 3 is 2.48 bits per heavy atom. The third kappa shape index (κ3) is 2.44. The number of carbonyl (C=O) groups excluding carboxylic acids is 1. The third-order valence-corrected chi connectivity index (χ3v) is 4.69. The summed E-state index contributed by atoms with van der Waals surface area (Å²) in [7, 11) is 0. The number of benzene rings is 2. The van der Waals surface area contributed by atoms with Crippen LogP contribution in [0.3, 0.4) is 0 Å². The van der Waals surface area contributed by atoms with E-state index in [1.165, 1.54) is 0 Å². The largest absolute Gasteiger partial charge is 0.349 e. The summed E-state index contributed by atoms with van der Waals surface area (Å²) in [6.07, 6.45) is -0.136. The monoisotopic (exact) mass is 308 g/mol. The van der Waals surface area contributed by atoms with Crippen molar-refractivity contribution in [2.45, 2.75) is 31.3 Å². The summed E-state index contributed by atoms with van der Waals surface area (Å²) in [6, 6.07) is 19.9. The lowest BCUT2D eigenvalue weighted by Gasteiger charge is -2.39. The molecule has 1 N–H and O–H groups in total. The molecular weight excluding hydrogens is 288 g/mol. The van der Waals surface area contributed by atoms with E-state index in [2.05, 4.69) is 29.6 Å². The van der Waals surface area contributed by atoms with Gasteiger partial charge in [-0.1, -0.05) is 60.7 Å². The van der Waals surface area contributed by atoms with Crippen LogP contribution < -0.4 is 5.32 Å². The number of carbonyl (C=O) groups is 1. The van der Waals surface area contributed by atoms with Crippen molar-refractivity contribution in [1.82, 2.24) is 10.2 Å². The summed E-state index contributed by atoms with van der Waals surface area (Å²) < 4.78 is 6.22. The summed E-state index contributed by atoms with van der Waals surface area (Å²) in [5.74, 6) is 0.116. The number of fused-ring (bicyclic) bond motifs is 2. The molecule has 2 fully saturated rings. The van der Waals surface area contributed by atoms with Gasteiger partial charge in [-0.3, -0.25) is 10.1 Å². The maximum Gasteiger partial charge on any atom is 0.242 e. The number of nitrogens with one attached hydrogen (secondary N) is 1. The zero-order chi connectivity index (χ0) is 15.9. The molecular formula is C19H20N2O2. The molecule has 4 heteroatoms. The van der Waals surface area contributed by atoms with E-state index in [0.717, 1.165) is 11.1 Å². The molecule has 1 amide bonds. The fourth-order valence-electron chi connectivity index (χ4n) is 3.56. The molecule has 0 aliphatic carbocycles. The lowest BCUT2D eigenvalue weighted by atomic mass is 9.98. The highest BCUT2D eigenvalue weighted by molar-refractivity contribution is 5.84. The van der Waals surface area contributed by atoms with Crippen LogP contribution in [0.25, 0.3) is 0 Å². The van der Waals surface area contributed by atoms with Gasteiger partial charge in [0.25, 0.3) is 0 Å². The number of ether oxygens (including phenoxy) is 1. The van der Waals surface area contributed by atoms with Crippen molar-refractivity contribution in [2.75, 3.05) is 6.54 Å². The van der Waals surface area contributed by atoms with E-state index >= 15 is 0 Å². The van der Waals surface area contributed by atoms with Crippen molar-refractivity contribution in [3.8, 4) is 0 Å². The second-order valence-electron chi connectivity index (χ2n) is 6.32. The predicted octanol–water partition coefficient (Wildman–Crippen LogP) is 2.26. The van der Waals surface area contributed by atoms with E-state index in [9.17, 15) is 4.79 Å². The van der Waals surface area contributed by atoms with Gasteiger partial charge in [-0.25, -0.2) is 0 Å². The van der Waals surface area contributed by atoms with Crippen LogP contribution in [0.4, 0.5) is 0 Å². The van der Waals surface area contributed by atoms with Gasteiger partial charge < -0.3 is 9.64 Å². The standard InChI is InChI=1S/C19H20N2O2/c1-14-17-18(22)21(12-15-8-4-2-5-9-15)13-19(20-17,23-14)16-10-6-3-7-11-16/h2-11,14,17,20H,12-13H2,1H3. The number of piperazine rings is 1. The summed E-state index contributed by atoms with van der Waals surface area (Å²) in [6.45, 7) is 3.10. The molecule has 2 aliphatic rings. The highest BCUT2D eigenvalue weighted by Gasteiger charge is 2.54. The Morgan fingerprint density at radius 1 is 1.13 bits per heavy atom. The van der Waals surface area contributed by atoms with Crippen LogP contribution in [0, 0.1) is 0 Å². The predicted molar refractivity (Wildman–Crippen MR) is 87.4 cm³/mol. The zero-order valence-electron chi connectivity index (χ0n) is 13.1. The van der Waals surface area contributed by atoms with Crippen molar-refractivity contribution in [1.29, 1.82) is 0 Å². The number of nitrogens with zero attached hydrogens (tertiary/aromatic N) is 1. The van der Waals surface area contributed by atoms with Crippen LogP contribution in [0.5, 0.6) is 0 Å². The maximum absolute atomic E-state index is 12.8. The molecule has 2 aromatic rings. The highest BCUT2D eigenvalue weighted by atomic mass is 16.5. The van der Waals surface area contributed by atoms with Gasteiger partial charge in [0.15, 0.2) is 5.72 Å². The van der Waals surface area contributed by atoms with Crippen LogP contribution in [-0.4, -0.2) is 29.5 Å². The third-order valence-electron chi connectivity index (χ3n) is 4.69. The lowest BCUT2D eigenvalue weighted by molar-refractivity contribution is -0.140. The normalized spacial score (nSPS) is 29.8. The second-order valence-corrected chi connectivity index (χ2v) is 6.32. The molecule has 0 saturated carbocycles. The van der Waals surface area contributed by atoms with Gasteiger partial charge in [0.05, 0.1) is 12.6 Å². The van der Waals surface area contributed by atoms with Crippen molar-refractivity contribution < 1.29 is 9.53 Å². The Labute approximate surface area is 136 Å². The first-order valence-corrected chi connectivity index (χ1v) is 8.02. The second kappa shape index (κ2) is 5.48. The summed E-state index contributed by atoms with van der Waals surface area (Å²) >= 11 is 0. The Morgan fingerprint density at radius 2 is 1.78 bits per heavy atom. The van der Waals surface area contributed by atoms with E-state index in [4.69, 9.17) is 4.74 Å². The minimum absolute atomic E-state index is 0.116. The molecule has 2 saturated heterocycles. The number of rotatable bonds is 3. The molecule has 23 heavy (non-hydrogen) atoms. The maximum atomic E-state index is 12.8. The van der Waals surface area contributed by atoms with Crippen LogP contribution in [-0.2, 0) is 21.8 Å². The molecule has 3 atom stereocenters. The van der Waals surface area contributed by atoms with E-state index in [0.29, 0.717) is 13.1 Å². The van der Waals surface area contributed by atoms with E-state index in [1.54, 1.807) is 0 Å². The molecule has 2 bridgehead atoms. The quantitative estimate of drug-likeness (QED) is 0.945. The van der Waals surface area contributed by atoms with Gasteiger partial charge in [-0.2, -0.15) is 0 Å². The number of hydrogen-bond acceptors (Lipinski definition) is 3. The Balaban J connectivity index is 1.66. The Hall–Kier alpha value is -2.17. The van der Waals surface area contributed by atoms with Gasteiger partial charge in [0, 0.05) is 12.1 Å². The SMILES string of the molecule is CC1OC2(c3ccccc3)CN(Cc3ccccc3)C(=O)C1N2. The van der Waals surface area contributed by atoms with Gasteiger partial charge in [-0.05, 0) is 12.5 Å². The smallest absolute Gasteiger partial charge is 0.242 e. The molecule has 2 aliphatic heterocycles. The molecule has 0 aromatic heterocycles. The van der Waals surface area contributed by atoms with E-state index < -0.39 is 5.72 Å². The molecule has 4 rings (SSSR count). The molecule has 118 valence electrons. The van der Waals surface area contributed by atoms with Crippen molar-refractivity contribution >= 4 is 5.91 Å². The van der Waals surface area contributed by atoms with Crippen molar-refractivity contribution in [2.24, 2.45) is 0 Å². The van der Waals surface area contributed by atoms with Crippen molar-refractivity contribution in [3.05, 3.63) is 71.8 Å². The van der Waals surface area contributed by atoms with Crippen LogP contribution in [0.1, 0.15) is 18.1 Å². The summed E-state index contributed by atoms with van der Waals surface area (Å²) in [5, 5.41) is 3.42. The number of amides is 1. The summed E-state index contributed by atoms with van der Waals surface area (Å²) in [4.78, 5) is 14.7. The first-order valence-electron chi connectivity index (χ1n) is 8.02. The molecule has 4 nitrogen and oxygen atoms in total. The zero-order valence-corrected chi connectivity index (χ0v) is 13.1.